The number of esters is 1. The second-order valence-corrected chi connectivity index (χ2v) is 6.83. The highest BCUT2D eigenvalue weighted by Crippen LogP contribution is 2.17. The molecule has 0 atom stereocenters. The molecule has 142 valence electrons. The predicted molar refractivity (Wildman–Crippen MR) is 107 cm³/mol. The molecule has 2 aromatic carbocycles. The number of amides is 2. The summed E-state index contributed by atoms with van der Waals surface area (Å²) in [6.07, 6.45) is 0. The summed E-state index contributed by atoms with van der Waals surface area (Å²) in [5, 5.41) is 7.30. The number of nitrogens with one attached hydrogen (secondary N) is 2. The minimum absolute atomic E-state index is 0.179. The predicted octanol–water partition coefficient (Wildman–Crippen LogP) is 3.47. The van der Waals surface area contributed by atoms with Gasteiger partial charge in [0.2, 0.25) is 0 Å². The van der Waals surface area contributed by atoms with E-state index in [2.05, 4.69) is 10.6 Å². The number of para-hydroxylation sites is 1. The first kappa shape index (κ1) is 19.3. The topological polar surface area (TPSA) is 84.5 Å². The van der Waals surface area contributed by atoms with Crippen molar-refractivity contribution in [1.29, 1.82) is 0 Å². The second kappa shape index (κ2) is 9.48. The highest BCUT2D eigenvalue weighted by Gasteiger charge is 2.16. The number of hydrogen-bond acceptors (Lipinski definition) is 5. The van der Waals surface area contributed by atoms with E-state index in [4.69, 9.17) is 4.74 Å². The lowest BCUT2D eigenvalue weighted by Crippen LogP contribution is -2.28. The quantitative estimate of drug-likeness (QED) is 0.601. The SMILES string of the molecule is O=C(COC(=O)c1ccccc1NC(=O)c1ccccc1)NCc1cccs1. The molecule has 28 heavy (non-hydrogen) atoms. The Morgan fingerprint density at radius 2 is 1.64 bits per heavy atom. The van der Waals surface area contributed by atoms with E-state index < -0.39 is 18.5 Å². The van der Waals surface area contributed by atoms with E-state index in [0.29, 0.717) is 17.8 Å². The van der Waals surface area contributed by atoms with Gasteiger partial charge in [0.25, 0.3) is 11.8 Å². The van der Waals surface area contributed by atoms with Crippen molar-refractivity contribution in [3.8, 4) is 0 Å². The van der Waals surface area contributed by atoms with E-state index >= 15 is 0 Å². The molecular weight excluding hydrogens is 376 g/mol. The number of thiophene rings is 1. The summed E-state index contributed by atoms with van der Waals surface area (Å²) in [4.78, 5) is 37.6. The summed E-state index contributed by atoms with van der Waals surface area (Å²) < 4.78 is 5.09. The molecule has 0 aliphatic carbocycles. The van der Waals surface area contributed by atoms with Gasteiger partial charge in [0.1, 0.15) is 0 Å². The Morgan fingerprint density at radius 3 is 2.39 bits per heavy atom. The molecule has 6 nitrogen and oxygen atoms in total. The molecule has 3 rings (SSSR count). The zero-order valence-corrected chi connectivity index (χ0v) is 15.7. The van der Waals surface area contributed by atoms with Crippen molar-refractivity contribution in [3.05, 3.63) is 88.1 Å². The lowest BCUT2D eigenvalue weighted by atomic mass is 10.1. The lowest BCUT2D eigenvalue weighted by molar-refractivity contribution is -0.124. The van der Waals surface area contributed by atoms with Gasteiger partial charge in [-0.3, -0.25) is 9.59 Å². The summed E-state index contributed by atoms with van der Waals surface area (Å²) >= 11 is 1.53. The third kappa shape index (κ3) is 5.28. The summed E-state index contributed by atoms with van der Waals surface area (Å²) in [5.74, 6) is -1.42. The van der Waals surface area contributed by atoms with E-state index in [9.17, 15) is 14.4 Å². The van der Waals surface area contributed by atoms with Crippen LogP contribution in [0.4, 0.5) is 5.69 Å². The normalized spacial score (nSPS) is 10.1. The van der Waals surface area contributed by atoms with Crippen LogP contribution in [0.25, 0.3) is 0 Å². The standard InChI is InChI=1S/C21H18N2O4S/c24-19(22-13-16-9-6-12-28-16)14-27-21(26)17-10-4-5-11-18(17)23-20(25)15-7-2-1-3-8-15/h1-12H,13-14H2,(H,22,24)(H,23,25). The van der Waals surface area contributed by atoms with Crippen LogP contribution in [0, 0.1) is 0 Å². The molecule has 7 heteroatoms. The third-order valence-corrected chi connectivity index (χ3v) is 4.68. The minimum atomic E-state index is -0.685. The molecule has 0 aliphatic heterocycles. The maximum atomic E-state index is 12.4. The number of benzene rings is 2. The molecule has 1 aromatic heterocycles. The van der Waals surface area contributed by atoms with Gasteiger partial charge in [-0.2, -0.15) is 0 Å². The molecule has 0 bridgehead atoms. The first-order chi connectivity index (χ1) is 13.6. The molecular formula is C21H18N2O4S. The number of hydrogen-bond donors (Lipinski definition) is 2. The van der Waals surface area contributed by atoms with E-state index in [-0.39, 0.29) is 11.5 Å². The van der Waals surface area contributed by atoms with E-state index in [1.807, 2.05) is 23.6 Å². The highest BCUT2D eigenvalue weighted by molar-refractivity contribution is 7.09. The molecule has 1 heterocycles. The summed E-state index contributed by atoms with van der Waals surface area (Å²) in [7, 11) is 0. The number of carbonyl (C=O) groups is 3. The minimum Gasteiger partial charge on any atom is -0.452 e. The van der Waals surface area contributed by atoms with Crippen molar-refractivity contribution in [2.45, 2.75) is 6.54 Å². The summed E-state index contributed by atoms with van der Waals surface area (Å²) in [6, 6.07) is 19.0. The molecule has 0 saturated carbocycles. The fraction of sp³-hybridized carbons (Fsp3) is 0.0952. The average molecular weight is 394 g/mol. The van der Waals surface area contributed by atoms with Crippen LogP contribution in [0.3, 0.4) is 0 Å². The van der Waals surface area contributed by atoms with E-state index in [0.717, 1.165) is 4.88 Å². The lowest BCUT2D eigenvalue weighted by Gasteiger charge is -2.11. The molecule has 2 N–H and O–H groups in total. The van der Waals surface area contributed by atoms with Crippen molar-refractivity contribution in [2.24, 2.45) is 0 Å². The van der Waals surface area contributed by atoms with Crippen molar-refractivity contribution in [3.63, 3.8) is 0 Å². The van der Waals surface area contributed by atoms with Crippen LogP contribution in [0.5, 0.6) is 0 Å². The molecule has 0 unspecified atom stereocenters. The van der Waals surface area contributed by atoms with Gasteiger partial charge in [-0.25, -0.2) is 4.79 Å². The van der Waals surface area contributed by atoms with Gasteiger partial charge in [-0.05, 0) is 35.7 Å². The summed E-state index contributed by atoms with van der Waals surface area (Å²) in [6.45, 7) is -0.0110. The highest BCUT2D eigenvalue weighted by atomic mass is 32.1. The molecule has 3 aromatic rings. The zero-order chi connectivity index (χ0) is 19.8. The third-order valence-electron chi connectivity index (χ3n) is 3.81. The monoisotopic (exact) mass is 394 g/mol. The van der Waals surface area contributed by atoms with Crippen LogP contribution in [0.15, 0.2) is 72.1 Å². The van der Waals surface area contributed by atoms with Crippen molar-refractivity contribution >= 4 is 34.8 Å². The van der Waals surface area contributed by atoms with Crippen LogP contribution in [-0.4, -0.2) is 24.4 Å². The Morgan fingerprint density at radius 1 is 0.893 bits per heavy atom. The van der Waals surface area contributed by atoms with E-state index in [1.165, 1.54) is 17.4 Å². The zero-order valence-electron chi connectivity index (χ0n) is 14.9. The molecule has 0 spiro atoms. The van der Waals surface area contributed by atoms with Crippen LogP contribution in [0.2, 0.25) is 0 Å². The van der Waals surface area contributed by atoms with Crippen LogP contribution in [-0.2, 0) is 16.1 Å². The van der Waals surface area contributed by atoms with Gasteiger partial charge in [0.15, 0.2) is 6.61 Å². The van der Waals surface area contributed by atoms with Gasteiger partial charge in [0, 0.05) is 10.4 Å². The average Bonchev–Trinajstić information content (AvgIpc) is 3.25. The van der Waals surface area contributed by atoms with Crippen LogP contribution in [0.1, 0.15) is 25.6 Å². The summed E-state index contributed by atoms with van der Waals surface area (Å²) in [5.41, 5.74) is 0.969. The maximum absolute atomic E-state index is 12.4. The molecule has 0 radical (unpaired) electrons. The van der Waals surface area contributed by atoms with E-state index in [1.54, 1.807) is 42.5 Å². The largest absolute Gasteiger partial charge is 0.452 e. The number of ether oxygens (including phenoxy) is 1. The fourth-order valence-corrected chi connectivity index (χ4v) is 3.06. The first-order valence-corrected chi connectivity index (χ1v) is 9.43. The van der Waals surface area contributed by atoms with Crippen LogP contribution >= 0.6 is 11.3 Å². The Bertz CT molecular complexity index is 956. The molecule has 0 aliphatic rings. The Balaban J connectivity index is 1.57. The van der Waals surface area contributed by atoms with Gasteiger partial charge in [-0.1, -0.05) is 36.4 Å². The Hall–Kier alpha value is -3.45. The van der Waals surface area contributed by atoms with Gasteiger partial charge in [0.05, 0.1) is 17.8 Å². The van der Waals surface area contributed by atoms with Crippen molar-refractivity contribution < 1.29 is 19.1 Å². The number of carbonyl (C=O) groups excluding carboxylic acids is 3. The molecule has 0 saturated heterocycles. The van der Waals surface area contributed by atoms with Gasteiger partial charge < -0.3 is 15.4 Å². The van der Waals surface area contributed by atoms with Crippen LogP contribution < -0.4 is 10.6 Å². The maximum Gasteiger partial charge on any atom is 0.340 e. The second-order valence-electron chi connectivity index (χ2n) is 5.80. The first-order valence-electron chi connectivity index (χ1n) is 8.55. The van der Waals surface area contributed by atoms with Crippen molar-refractivity contribution in [2.75, 3.05) is 11.9 Å². The molecule has 2 amide bonds. The number of rotatable bonds is 7. The Kier molecular flexibility index (Phi) is 6.54. The van der Waals surface area contributed by atoms with Gasteiger partial charge >= 0.3 is 5.97 Å². The van der Waals surface area contributed by atoms with Gasteiger partial charge in [-0.15, -0.1) is 11.3 Å². The smallest absolute Gasteiger partial charge is 0.340 e. The van der Waals surface area contributed by atoms with Crippen molar-refractivity contribution in [1.82, 2.24) is 5.32 Å². The number of anilines is 1. The molecule has 0 fully saturated rings. The fourth-order valence-electron chi connectivity index (χ4n) is 2.41. The Labute approximate surface area is 166 Å².